The van der Waals surface area contributed by atoms with Crippen LogP contribution in [0.1, 0.15) is 110 Å². The van der Waals surface area contributed by atoms with Crippen LogP contribution in [0.4, 0.5) is 0 Å². The first-order valence-corrected chi connectivity index (χ1v) is 16.4. The van der Waals surface area contributed by atoms with Crippen molar-refractivity contribution in [2.75, 3.05) is 61.2 Å². The molecule has 0 saturated carbocycles. The van der Waals surface area contributed by atoms with Gasteiger partial charge in [-0.15, -0.1) is 0 Å². The van der Waals surface area contributed by atoms with E-state index in [1.807, 2.05) is 21.1 Å². The number of unbranched alkanes of at least 4 members (excludes halogenated alkanes) is 14. The fraction of sp³-hybridized carbons (Fsp3) is 0.931. The number of rotatable bonds is 28. The van der Waals surface area contributed by atoms with Crippen LogP contribution in [0.15, 0.2) is 12.2 Å². The molecule has 0 heterocycles. The molecule has 1 unspecified atom stereocenters. The standard InChI is InChI=1S/C29H60NO6P/c1-6-7-8-9-10-11-12-13-14-15-16-17-18-19-20-21-22-23-25-34-27-29(33-5)28-36-37(31,32)35-26-24-30(2,3)4/h12-13,29H,6-11,14-28H2,1-5H3/p+1/t29-/m1/s1. The van der Waals surface area contributed by atoms with Crippen LogP contribution in [-0.4, -0.2) is 76.7 Å². The van der Waals surface area contributed by atoms with E-state index in [4.69, 9.17) is 18.5 Å². The van der Waals surface area contributed by atoms with Gasteiger partial charge in [0.2, 0.25) is 0 Å². The zero-order chi connectivity index (χ0) is 27.7. The first kappa shape index (κ1) is 36.7. The average Bonchev–Trinajstić information content (AvgIpc) is 2.83. The van der Waals surface area contributed by atoms with E-state index in [0.29, 0.717) is 24.2 Å². The molecule has 0 aromatic carbocycles. The normalized spacial score (nSPS) is 14.9. The van der Waals surface area contributed by atoms with Gasteiger partial charge in [0.15, 0.2) is 0 Å². The highest BCUT2D eigenvalue weighted by Gasteiger charge is 2.24. The van der Waals surface area contributed by atoms with Crippen molar-refractivity contribution in [3.05, 3.63) is 12.2 Å². The molecule has 0 aromatic heterocycles. The summed E-state index contributed by atoms with van der Waals surface area (Å²) in [6.07, 6.45) is 25.2. The molecule has 7 nitrogen and oxygen atoms in total. The number of methoxy groups -OCH3 is 1. The van der Waals surface area contributed by atoms with E-state index in [0.717, 1.165) is 6.42 Å². The van der Waals surface area contributed by atoms with E-state index in [2.05, 4.69) is 19.1 Å². The Morgan fingerprint density at radius 3 is 1.76 bits per heavy atom. The van der Waals surface area contributed by atoms with Crippen LogP contribution in [0.25, 0.3) is 0 Å². The molecular formula is C29H61NO6P+. The summed E-state index contributed by atoms with van der Waals surface area (Å²) in [6, 6.07) is 0. The monoisotopic (exact) mass is 550 g/mol. The number of hydrogen-bond donors (Lipinski definition) is 1. The Labute approximate surface area is 229 Å². The number of quaternary nitrogens is 1. The van der Waals surface area contributed by atoms with Crippen molar-refractivity contribution < 1.29 is 32.5 Å². The number of phosphoric acid groups is 1. The second-order valence-corrected chi connectivity index (χ2v) is 12.6. The molecule has 0 fully saturated rings. The summed E-state index contributed by atoms with van der Waals surface area (Å²) < 4.78 is 33.7. The minimum atomic E-state index is -4.07. The quantitative estimate of drug-likeness (QED) is 0.0466. The van der Waals surface area contributed by atoms with Crippen molar-refractivity contribution in [1.29, 1.82) is 0 Å². The summed E-state index contributed by atoms with van der Waals surface area (Å²) in [5.74, 6) is 0. The molecule has 0 spiro atoms. The average molecular weight is 551 g/mol. The molecular weight excluding hydrogens is 489 g/mol. The lowest BCUT2D eigenvalue weighted by Crippen LogP contribution is -2.37. The van der Waals surface area contributed by atoms with Gasteiger partial charge in [-0.1, -0.05) is 89.7 Å². The van der Waals surface area contributed by atoms with Crippen molar-refractivity contribution in [2.45, 2.75) is 116 Å². The molecule has 0 saturated heterocycles. The topological polar surface area (TPSA) is 74.2 Å². The maximum atomic E-state index is 12.0. The summed E-state index contributed by atoms with van der Waals surface area (Å²) in [5, 5.41) is 0. The van der Waals surface area contributed by atoms with Gasteiger partial charge in [0.05, 0.1) is 34.4 Å². The van der Waals surface area contributed by atoms with Gasteiger partial charge in [-0.05, 0) is 32.1 Å². The van der Waals surface area contributed by atoms with Gasteiger partial charge in [-0.3, -0.25) is 9.05 Å². The highest BCUT2D eigenvalue weighted by Crippen LogP contribution is 2.43. The van der Waals surface area contributed by atoms with Gasteiger partial charge in [0.25, 0.3) is 0 Å². The van der Waals surface area contributed by atoms with Crippen LogP contribution in [0.5, 0.6) is 0 Å². The van der Waals surface area contributed by atoms with E-state index in [9.17, 15) is 9.46 Å². The molecule has 0 amide bonds. The SMILES string of the molecule is CCCCCCCC=CCCCCCCCCCCCOC[C@H](COP(=O)(O)OCC[N+](C)(C)C)OC. The van der Waals surface area contributed by atoms with E-state index >= 15 is 0 Å². The van der Waals surface area contributed by atoms with E-state index < -0.39 is 13.9 Å². The Morgan fingerprint density at radius 1 is 0.730 bits per heavy atom. The maximum absolute atomic E-state index is 12.0. The molecule has 222 valence electrons. The second kappa shape index (κ2) is 24.7. The third-order valence-corrected chi connectivity index (χ3v) is 7.36. The van der Waals surface area contributed by atoms with Crippen molar-refractivity contribution in [2.24, 2.45) is 0 Å². The predicted molar refractivity (Wildman–Crippen MR) is 155 cm³/mol. The molecule has 0 aromatic rings. The number of nitrogens with zero attached hydrogens (tertiary/aromatic N) is 1. The van der Waals surface area contributed by atoms with E-state index in [1.54, 1.807) is 7.11 Å². The molecule has 0 rings (SSSR count). The number of hydrogen-bond acceptors (Lipinski definition) is 5. The minimum absolute atomic E-state index is 0.0376. The van der Waals surface area contributed by atoms with Gasteiger partial charge >= 0.3 is 7.82 Å². The predicted octanol–water partition coefficient (Wildman–Crippen LogP) is 7.68. The molecule has 8 heteroatoms. The Hall–Kier alpha value is -0.270. The van der Waals surface area contributed by atoms with Crippen LogP contribution in [0.3, 0.4) is 0 Å². The van der Waals surface area contributed by atoms with Crippen molar-refractivity contribution >= 4 is 7.82 Å². The minimum Gasteiger partial charge on any atom is -0.379 e. The third-order valence-electron chi connectivity index (χ3n) is 6.38. The Kier molecular flexibility index (Phi) is 24.6. The van der Waals surface area contributed by atoms with Crippen LogP contribution >= 0.6 is 7.82 Å². The molecule has 0 aliphatic heterocycles. The number of likely N-dealkylation sites (N-methyl/N-ethyl adjacent to an activating group) is 1. The maximum Gasteiger partial charge on any atom is 0.472 e. The summed E-state index contributed by atoms with van der Waals surface area (Å²) in [5.41, 5.74) is 0. The van der Waals surface area contributed by atoms with E-state index in [-0.39, 0.29) is 13.2 Å². The van der Waals surface area contributed by atoms with Gasteiger partial charge in [-0.2, -0.15) is 0 Å². The van der Waals surface area contributed by atoms with Gasteiger partial charge in [0, 0.05) is 13.7 Å². The van der Waals surface area contributed by atoms with Gasteiger partial charge < -0.3 is 18.9 Å². The highest BCUT2D eigenvalue weighted by atomic mass is 31.2. The van der Waals surface area contributed by atoms with Crippen molar-refractivity contribution in [3.8, 4) is 0 Å². The van der Waals surface area contributed by atoms with E-state index in [1.165, 1.54) is 96.3 Å². The Morgan fingerprint density at radius 2 is 1.24 bits per heavy atom. The van der Waals surface area contributed by atoms with Crippen LogP contribution in [0, 0.1) is 0 Å². The zero-order valence-electron chi connectivity index (χ0n) is 25.0. The largest absolute Gasteiger partial charge is 0.472 e. The molecule has 0 bridgehead atoms. The summed E-state index contributed by atoms with van der Waals surface area (Å²) in [4.78, 5) is 9.80. The molecule has 37 heavy (non-hydrogen) atoms. The van der Waals surface area contributed by atoms with Crippen molar-refractivity contribution in [3.63, 3.8) is 0 Å². The Bertz CT molecular complexity index is 567. The number of ether oxygens (including phenoxy) is 2. The lowest BCUT2D eigenvalue weighted by atomic mass is 10.1. The lowest BCUT2D eigenvalue weighted by molar-refractivity contribution is -0.870. The fourth-order valence-electron chi connectivity index (χ4n) is 3.85. The van der Waals surface area contributed by atoms with Crippen LogP contribution in [0.2, 0.25) is 0 Å². The Balaban J connectivity index is 3.50. The summed E-state index contributed by atoms with van der Waals surface area (Å²) in [6.45, 7) is 4.00. The lowest BCUT2D eigenvalue weighted by Gasteiger charge is -2.24. The first-order valence-electron chi connectivity index (χ1n) is 14.9. The molecule has 0 radical (unpaired) electrons. The van der Waals surface area contributed by atoms with Gasteiger partial charge in [0.1, 0.15) is 19.3 Å². The number of phosphoric ester groups is 1. The second-order valence-electron chi connectivity index (χ2n) is 11.2. The highest BCUT2D eigenvalue weighted by molar-refractivity contribution is 7.47. The van der Waals surface area contributed by atoms with Crippen LogP contribution in [-0.2, 0) is 23.1 Å². The van der Waals surface area contributed by atoms with Crippen molar-refractivity contribution in [1.82, 2.24) is 0 Å². The zero-order valence-corrected chi connectivity index (χ0v) is 25.9. The van der Waals surface area contributed by atoms with Crippen LogP contribution < -0.4 is 0 Å². The molecule has 2 atom stereocenters. The molecule has 0 aliphatic rings. The fourth-order valence-corrected chi connectivity index (χ4v) is 4.59. The first-order chi connectivity index (χ1) is 17.7. The molecule has 1 N–H and O–H groups in total. The smallest absolute Gasteiger partial charge is 0.379 e. The molecule has 0 aliphatic carbocycles. The summed E-state index contributed by atoms with van der Waals surface area (Å²) in [7, 11) is 3.44. The van der Waals surface area contributed by atoms with Gasteiger partial charge in [-0.25, -0.2) is 4.57 Å². The third kappa shape index (κ3) is 28.6. The number of allylic oxidation sites excluding steroid dienone is 2. The summed E-state index contributed by atoms with van der Waals surface area (Å²) >= 11 is 0.